The smallest absolute Gasteiger partial charge is 0.251 e. The van der Waals surface area contributed by atoms with Gasteiger partial charge >= 0.3 is 0 Å². The van der Waals surface area contributed by atoms with Gasteiger partial charge in [-0.25, -0.2) is 0 Å². The molecule has 0 fully saturated rings. The number of furan rings is 1. The summed E-state index contributed by atoms with van der Waals surface area (Å²) in [4.78, 5) is 14.3. The van der Waals surface area contributed by atoms with Crippen molar-refractivity contribution in [3.05, 3.63) is 59.5 Å². The predicted octanol–water partition coefficient (Wildman–Crippen LogP) is 1.98. The number of hydrogen-bond acceptors (Lipinski definition) is 4. The van der Waals surface area contributed by atoms with E-state index in [1.165, 1.54) is 6.26 Å². The molecule has 0 radical (unpaired) electrons. The zero-order valence-electron chi connectivity index (χ0n) is 13.2. The Hall–Kier alpha value is -2.11. The summed E-state index contributed by atoms with van der Waals surface area (Å²) in [6.45, 7) is 2.46. The lowest BCUT2D eigenvalue weighted by molar-refractivity contribution is 0.0330. The van der Waals surface area contributed by atoms with Crippen molar-refractivity contribution in [3.63, 3.8) is 0 Å². The van der Waals surface area contributed by atoms with Crippen LogP contribution >= 0.6 is 0 Å². The quantitative estimate of drug-likeness (QED) is 0.856. The van der Waals surface area contributed by atoms with Gasteiger partial charge < -0.3 is 19.7 Å². The molecule has 0 saturated heterocycles. The summed E-state index contributed by atoms with van der Waals surface area (Å²) in [6, 6.07) is 10.8. The second-order valence-corrected chi connectivity index (χ2v) is 5.87. The van der Waals surface area contributed by atoms with Crippen LogP contribution in [0.3, 0.4) is 0 Å². The third kappa shape index (κ3) is 4.19. The van der Waals surface area contributed by atoms with Crippen LogP contribution in [0.25, 0.3) is 0 Å². The Morgan fingerprint density at radius 3 is 2.73 bits per heavy atom. The summed E-state index contributed by atoms with van der Waals surface area (Å²) < 4.78 is 5.19. The molecule has 5 heteroatoms. The zero-order chi connectivity index (χ0) is 16.2. The van der Waals surface area contributed by atoms with Gasteiger partial charge in [0.1, 0.15) is 11.4 Å². The Morgan fingerprint density at radius 1 is 1.32 bits per heavy atom. The topological polar surface area (TPSA) is 65.7 Å². The summed E-state index contributed by atoms with van der Waals surface area (Å²) in [5.74, 6) is 0.210. The lowest BCUT2D eigenvalue weighted by atomic mass is 10.0. The maximum atomic E-state index is 12.2. The van der Waals surface area contributed by atoms with Gasteiger partial charge in [0.15, 0.2) is 0 Å². The average Bonchev–Trinajstić information content (AvgIpc) is 2.99. The fraction of sp³-hybridized carbons (Fsp3) is 0.353. The van der Waals surface area contributed by atoms with E-state index in [9.17, 15) is 9.90 Å². The molecule has 1 heterocycles. The first-order valence-corrected chi connectivity index (χ1v) is 7.17. The van der Waals surface area contributed by atoms with E-state index in [-0.39, 0.29) is 12.5 Å². The molecule has 0 bridgehead atoms. The Morgan fingerprint density at radius 2 is 2.09 bits per heavy atom. The van der Waals surface area contributed by atoms with Crippen LogP contribution in [-0.2, 0) is 12.1 Å². The first kappa shape index (κ1) is 16.3. The molecule has 1 aromatic carbocycles. The Kier molecular flexibility index (Phi) is 5.00. The van der Waals surface area contributed by atoms with Gasteiger partial charge in [-0.2, -0.15) is 0 Å². The molecular formula is C17H22N2O3. The number of carbonyl (C=O) groups excluding carboxylic acids is 1. The van der Waals surface area contributed by atoms with Crippen LogP contribution in [0, 0.1) is 0 Å². The average molecular weight is 302 g/mol. The Bertz CT molecular complexity index is 619. The maximum Gasteiger partial charge on any atom is 0.251 e. The molecule has 2 rings (SSSR count). The van der Waals surface area contributed by atoms with Crippen molar-refractivity contribution < 1.29 is 14.3 Å². The third-order valence-electron chi connectivity index (χ3n) is 3.33. The molecule has 118 valence electrons. The first-order chi connectivity index (χ1) is 10.4. The van der Waals surface area contributed by atoms with Crippen molar-refractivity contribution in [2.75, 3.05) is 20.6 Å². The number of aliphatic hydroxyl groups is 1. The van der Waals surface area contributed by atoms with Crippen molar-refractivity contribution in [2.45, 2.75) is 19.1 Å². The minimum Gasteiger partial charge on any atom is -0.466 e. The van der Waals surface area contributed by atoms with E-state index >= 15 is 0 Å². The lowest BCUT2D eigenvalue weighted by Crippen LogP contribution is -2.38. The van der Waals surface area contributed by atoms with E-state index in [1.807, 2.05) is 37.2 Å². The van der Waals surface area contributed by atoms with Crippen molar-refractivity contribution >= 4 is 5.91 Å². The number of nitrogens with zero attached hydrogens (tertiary/aromatic N) is 1. The second-order valence-electron chi connectivity index (χ2n) is 5.87. The second kappa shape index (κ2) is 6.77. The van der Waals surface area contributed by atoms with Crippen molar-refractivity contribution in [2.24, 2.45) is 0 Å². The van der Waals surface area contributed by atoms with Gasteiger partial charge in [0.05, 0.1) is 12.8 Å². The van der Waals surface area contributed by atoms with Gasteiger partial charge in [-0.1, -0.05) is 12.1 Å². The van der Waals surface area contributed by atoms with Gasteiger partial charge in [0.25, 0.3) is 5.91 Å². The van der Waals surface area contributed by atoms with Crippen molar-refractivity contribution in [3.8, 4) is 0 Å². The monoisotopic (exact) mass is 302 g/mol. The molecule has 22 heavy (non-hydrogen) atoms. The lowest BCUT2D eigenvalue weighted by Gasteiger charge is -2.21. The van der Waals surface area contributed by atoms with Crippen LogP contribution in [0.4, 0.5) is 0 Å². The number of carbonyl (C=O) groups is 1. The number of amides is 1. The number of benzene rings is 1. The molecule has 5 nitrogen and oxygen atoms in total. The number of rotatable bonds is 6. The Labute approximate surface area is 130 Å². The minimum atomic E-state index is -1.24. The highest BCUT2D eigenvalue weighted by Crippen LogP contribution is 2.20. The highest BCUT2D eigenvalue weighted by Gasteiger charge is 2.26. The summed E-state index contributed by atoms with van der Waals surface area (Å²) in [5, 5.41) is 13.1. The van der Waals surface area contributed by atoms with Crippen LogP contribution in [0.5, 0.6) is 0 Å². The van der Waals surface area contributed by atoms with E-state index in [4.69, 9.17) is 4.42 Å². The zero-order valence-corrected chi connectivity index (χ0v) is 13.2. The molecule has 0 aliphatic heterocycles. The van der Waals surface area contributed by atoms with Crippen LogP contribution in [0.2, 0.25) is 0 Å². The summed E-state index contributed by atoms with van der Waals surface area (Å²) in [7, 11) is 3.96. The van der Waals surface area contributed by atoms with Gasteiger partial charge in [-0.15, -0.1) is 0 Å². The molecule has 2 N–H and O–H groups in total. The minimum absolute atomic E-state index is 0.0806. The molecule has 1 amide bonds. The van der Waals surface area contributed by atoms with E-state index < -0.39 is 5.60 Å². The molecule has 0 aliphatic rings. The highest BCUT2D eigenvalue weighted by atomic mass is 16.4. The first-order valence-electron chi connectivity index (χ1n) is 7.17. The fourth-order valence-electron chi connectivity index (χ4n) is 2.20. The largest absolute Gasteiger partial charge is 0.466 e. The standard InChI is InChI=1S/C17H22N2O3/c1-17(21,15-8-5-9-22-15)12-18-16(20)14-7-4-6-13(10-14)11-19(2)3/h4-10,21H,11-12H2,1-3H3,(H,18,20). The van der Waals surface area contributed by atoms with Crippen molar-refractivity contribution in [1.82, 2.24) is 10.2 Å². The van der Waals surface area contributed by atoms with E-state index in [2.05, 4.69) is 5.32 Å². The molecule has 2 aromatic rings. The highest BCUT2D eigenvalue weighted by molar-refractivity contribution is 5.94. The summed E-state index contributed by atoms with van der Waals surface area (Å²) in [5.41, 5.74) is 0.408. The molecule has 0 spiro atoms. The van der Waals surface area contributed by atoms with Crippen LogP contribution in [0.1, 0.15) is 28.6 Å². The Balaban J connectivity index is 2.00. The molecule has 1 unspecified atom stereocenters. The van der Waals surface area contributed by atoms with Gasteiger partial charge in [-0.05, 0) is 50.8 Å². The van der Waals surface area contributed by atoms with Crippen LogP contribution in [-0.4, -0.2) is 36.6 Å². The predicted molar refractivity (Wildman–Crippen MR) is 84.4 cm³/mol. The van der Waals surface area contributed by atoms with Crippen LogP contribution in [0.15, 0.2) is 47.1 Å². The molecule has 0 saturated carbocycles. The normalized spacial score (nSPS) is 13.9. The van der Waals surface area contributed by atoms with Crippen molar-refractivity contribution in [1.29, 1.82) is 0 Å². The van der Waals surface area contributed by atoms with Crippen LogP contribution < -0.4 is 5.32 Å². The summed E-state index contributed by atoms with van der Waals surface area (Å²) in [6.07, 6.45) is 1.50. The fourth-order valence-corrected chi connectivity index (χ4v) is 2.20. The van der Waals surface area contributed by atoms with Gasteiger partial charge in [-0.3, -0.25) is 4.79 Å². The molecule has 1 aromatic heterocycles. The van der Waals surface area contributed by atoms with E-state index in [1.54, 1.807) is 25.1 Å². The molecule has 1 atom stereocenters. The number of nitrogens with one attached hydrogen (secondary N) is 1. The van der Waals surface area contributed by atoms with E-state index in [0.717, 1.165) is 12.1 Å². The van der Waals surface area contributed by atoms with Gasteiger partial charge in [0, 0.05) is 12.1 Å². The van der Waals surface area contributed by atoms with E-state index in [0.29, 0.717) is 11.3 Å². The SMILES string of the molecule is CN(C)Cc1cccc(C(=O)NCC(C)(O)c2ccco2)c1. The molecular weight excluding hydrogens is 280 g/mol. The van der Waals surface area contributed by atoms with Gasteiger partial charge in [0.2, 0.25) is 0 Å². The number of hydrogen-bond donors (Lipinski definition) is 2. The maximum absolute atomic E-state index is 12.2. The summed E-state index contributed by atoms with van der Waals surface area (Å²) >= 11 is 0. The molecule has 0 aliphatic carbocycles. The third-order valence-corrected chi connectivity index (χ3v) is 3.33.